The van der Waals surface area contributed by atoms with Crippen molar-refractivity contribution >= 4 is 23.4 Å². The number of aliphatic hydroxyl groups is 1. The summed E-state index contributed by atoms with van der Waals surface area (Å²) in [5.41, 5.74) is 6.73. The van der Waals surface area contributed by atoms with Gasteiger partial charge in [-0.1, -0.05) is 6.92 Å². The highest BCUT2D eigenvalue weighted by molar-refractivity contribution is 7.99. The minimum atomic E-state index is 0.114. The van der Waals surface area contributed by atoms with Crippen LogP contribution in [-0.4, -0.2) is 39.2 Å². The molecule has 5 nitrogen and oxygen atoms in total. The van der Waals surface area contributed by atoms with Crippen LogP contribution >= 0.6 is 11.8 Å². The molecule has 1 aromatic rings. The Bertz CT molecular complexity index is 396. The Balaban J connectivity index is 2.92. The zero-order chi connectivity index (χ0) is 13.7. The van der Waals surface area contributed by atoms with Crippen molar-refractivity contribution in [3.63, 3.8) is 0 Å². The number of aromatic nitrogens is 2. The van der Waals surface area contributed by atoms with Gasteiger partial charge in [-0.2, -0.15) is 11.8 Å². The Morgan fingerprint density at radius 3 is 2.61 bits per heavy atom. The molecule has 2 unspecified atom stereocenters. The van der Waals surface area contributed by atoms with E-state index < -0.39 is 0 Å². The Hall–Kier alpha value is -1.01. The summed E-state index contributed by atoms with van der Waals surface area (Å²) < 4.78 is 0. The van der Waals surface area contributed by atoms with Gasteiger partial charge in [0.2, 0.25) is 0 Å². The van der Waals surface area contributed by atoms with Gasteiger partial charge in [-0.15, -0.1) is 0 Å². The number of nitrogens with two attached hydrogens (primary N) is 1. The first kappa shape index (κ1) is 15.0. The molecule has 0 saturated heterocycles. The first-order valence-electron chi connectivity index (χ1n) is 6.06. The third-order valence-corrected chi connectivity index (χ3v) is 4.11. The first-order chi connectivity index (χ1) is 8.53. The molecule has 0 saturated carbocycles. The summed E-state index contributed by atoms with van der Waals surface area (Å²) in [6.45, 7) is 6.06. The number of nitrogens with zero attached hydrogens (tertiary/aromatic N) is 2. The second kappa shape index (κ2) is 6.80. The van der Waals surface area contributed by atoms with Crippen molar-refractivity contribution in [2.24, 2.45) is 0 Å². The third-order valence-electron chi connectivity index (χ3n) is 2.95. The normalized spacial score (nSPS) is 14.3. The van der Waals surface area contributed by atoms with Gasteiger partial charge in [0, 0.05) is 23.3 Å². The van der Waals surface area contributed by atoms with Crippen molar-refractivity contribution < 1.29 is 5.11 Å². The summed E-state index contributed by atoms with van der Waals surface area (Å²) >= 11 is 1.63. The van der Waals surface area contributed by atoms with Crippen LogP contribution in [0, 0.1) is 6.92 Å². The highest BCUT2D eigenvalue weighted by Crippen LogP contribution is 2.21. The predicted molar refractivity (Wildman–Crippen MR) is 78.0 cm³/mol. The average Bonchev–Trinajstić information content (AvgIpc) is 2.36. The SMILES string of the molecule is CCc1nc(N)c(C)c(NC(C)C(CO)SC)n1. The smallest absolute Gasteiger partial charge is 0.135 e. The molecule has 6 heteroatoms. The fourth-order valence-electron chi connectivity index (χ4n) is 1.63. The molecule has 1 rings (SSSR count). The predicted octanol–water partition coefficient (Wildman–Crippen LogP) is 1.45. The van der Waals surface area contributed by atoms with Gasteiger partial charge in [-0.05, 0) is 20.1 Å². The summed E-state index contributed by atoms with van der Waals surface area (Å²) in [6.07, 6.45) is 2.73. The van der Waals surface area contributed by atoms with E-state index in [1.54, 1.807) is 11.8 Å². The first-order valence-corrected chi connectivity index (χ1v) is 7.35. The van der Waals surface area contributed by atoms with Crippen LogP contribution < -0.4 is 11.1 Å². The van der Waals surface area contributed by atoms with E-state index in [0.29, 0.717) is 5.82 Å². The quantitative estimate of drug-likeness (QED) is 0.725. The number of thioether (sulfide) groups is 1. The molecule has 0 amide bonds. The minimum Gasteiger partial charge on any atom is -0.395 e. The maximum atomic E-state index is 9.28. The lowest BCUT2D eigenvalue weighted by atomic mass is 10.2. The molecule has 0 aromatic carbocycles. The number of aryl methyl sites for hydroxylation is 1. The average molecular weight is 270 g/mol. The highest BCUT2D eigenvalue weighted by Gasteiger charge is 2.17. The monoisotopic (exact) mass is 270 g/mol. The Morgan fingerprint density at radius 2 is 2.11 bits per heavy atom. The van der Waals surface area contributed by atoms with Crippen molar-refractivity contribution in [3.8, 4) is 0 Å². The van der Waals surface area contributed by atoms with Crippen LogP contribution in [0.2, 0.25) is 0 Å². The topological polar surface area (TPSA) is 84.1 Å². The summed E-state index contributed by atoms with van der Waals surface area (Å²) in [5.74, 6) is 2.01. The van der Waals surface area contributed by atoms with Gasteiger partial charge in [0.1, 0.15) is 17.5 Å². The van der Waals surface area contributed by atoms with Crippen LogP contribution in [0.15, 0.2) is 0 Å². The summed E-state index contributed by atoms with van der Waals surface area (Å²) in [4.78, 5) is 8.67. The van der Waals surface area contributed by atoms with Crippen molar-refractivity contribution in [2.45, 2.75) is 38.5 Å². The minimum absolute atomic E-state index is 0.114. The Morgan fingerprint density at radius 1 is 1.44 bits per heavy atom. The van der Waals surface area contributed by atoms with E-state index in [9.17, 15) is 5.11 Å². The van der Waals surface area contributed by atoms with E-state index in [0.717, 1.165) is 23.6 Å². The van der Waals surface area contributed by atoms with Gasteiger partial charge in [0.05, 0.1) is 6.61 Å². The van der Waals surface area contributed by atoms with E-state index in [2.05, 4.69) is 15.3 Å². The molecule has 0 fully saturated rings. The van der Waals surface area contributed by atoms with Gasteiger partial charge in [-0.25, -0.2) is 9.97 Å². The lowest BCUT2D eigenvalue weighted by Gasteiger charge is -2.23. The highest BCUT2D eigenvalue weighted by atomic mass is 32.2. The van der Waals surface area contributed by atoms with Crippen LogP contribution in [0.3, 0.4) is 0 Å². The molecule has 1 heterocycles. The largest absolute Gasteiger partial charge is 0.395 e. The number of nitrogens with one attached hydrogen (secondary N) is 1. The van der Waals surface area contributed by atoms with E-state index >= 15 is 0 Å². The summed E-state index contributed by atoms with van der Waals surface area (Å²) in [5, 5.41) is 12.7. The molecular weight excluding hydrogens is 248 g/mol. The number of nitrogen functional groups attached to an aromatic ring is 1. The van der Waals surface area contributed by atoms with E-state index in [1.807, 2.05) is 27.0 Å². The van der Waals surface area contributed by atoms with Gasteiger partial charge in [0.15, 0.2) is 0 Å². The molecule has 4 N–H and O–H groups in total. The fraction of sp³-hybridized carbons (Fsp3) is 0.667. The maximum absolute atomic E-state index is 9.28. The van der Waals surface area contributed by atoms with Crippen molar-refractivity contribution in [2.75, 3.05) is 23.9 Å². The van der Waals surface area contributed by atoms with E-state index in [1.165, 1.54) is 0 Å². The molecule has 0 bridgehead atoms. The standard InChI is InChI=1S/C12H22N4OS/c1-5-10-15-11(13)7(2)12(16-10)14-8(3)9(6-17)18-4/h8-9,17H,5-6H2,1-4H3,(H3,13,14,15,16). The molecule has 0 spiro atoms. The molecule has 18 heavy (non-hydrogen) atoms. The maximum Gasteiger partial charge on any atom is 0.135 e. The molecular formula is C12H22N4OS. The lowest BCUT2D eigenvalue weighted by molar-refractivity contribution is 0.288. The molecule has 1 aromatic heterocycles. The number of hydrogen-bond acceptors (Lipinski definition) is 6. The number of aliphatic hydroxyl groups excluding tert-OH is 1. The zero-order valence-electron chi connectivity index (χ0n) is 11.4. The van der Waals surface area contributed by atoms with Gasteiger partial charge in [-0.3, -0.25) is 0 Å². The molecule has 0 aliphatic heterocycles. The molecule has 0 aliphatic carbocycles. The number of rotatable bonds is 6. The Kier molecular flexibility index (Phi) is 5.68. The molecule has 102 valence electrons. The van der Waals surface area contributed by atoms with Crippen LogP contribution in [0.5, 0.6) is 0 Å². The van der Waals surface area contributed by atoms with Crippen molar-refractivity contribution in [1.29, 1.82) is 0 Å². The van der Waals surface area contributed by atoms with Crippen LogP contribution in [0.25, 0.3) is 0 Å². The molecule has 2 atom stereocenters. The van der Waals surface area contributed by atoms with Crippen LogP contribution in [-0.2, 0) is 6.42 Å². The molecule has 0 radical (unpaired) electrons. The van der Waals surface area contributed by atoms with Crippen molar-refractivity contribution in [3.05, 3.63) is 11.4 Å². The van der Waals surface area contributed by atoms with Gasteiger partial charge in [0.25, 0.3) is 0 Å². The second-order valence-electron chi connectivity index (χ2n) is 4.24. The van der Waals surface area contributed by atoms with Gasteiger partial charge < -0.3 is 16.2 Å². The lowest BCUT2D eigenvalue weighted by Crippen LogP contribution is -2.31. The molecule has 0 aliphatic rings. The number of anilines is 2. The van der Waals surface area contributed by atoms with Crippen LogP contribution in [0.4, 0.5) is 11.6 Å². The van der Waals surface area contributed by atoms with Gasteiger partial charge >= 0.3 is 0 Å². The van der Waals surface area contributed by atoms with E-state index in [-0.39, 0.29) is 17.9 Å². The van der Waals surface area contributed by atoms with Crippen molar-refractivity contribution in [1.82, 2.24) is 9.97 Å². The second-order valence-corrected chi connectivity index (χ2v) is 5.32. The zero-order valence-corrected chi connectivity index (χ0v) is 12.2. The van der Waals surface area contributed by atoms with Crippen LogP contribution in [0.1, 0.15) is 25.2 Å². The summed E-state index contributed by atoms with van der Waals surface area (Å²) in [7, 11) is 0. The number of hydrogen-bond donors (Lipinski definition) is 3. The third kappa shape index (κ3) is 3.49. The fourth-order valence-corrected chi connectivity index (χ4v) is 2.25. The summed E-state index contributed by atoms with van der Waals surface area (Å²) in [6, 6.07) is 0.114. The van der Waals surface area contributed by atoms with E-state index in [4.69, 9.17) is 5.73 Å². The Labute approximate surface area is 113 Å².